The molecule has 0 N–H and O–H groups in total. The maximum Gasteiger partial charge on any atom is 0.270 e. The number of rotatable bonds is 6. The summed E-state index contributed by atoms with van der Waals surface area (Å²) in [6.07, 6.45) is 4.98. The molecule has 8 nitrogen and oxygen atoms in total. The number of benzene rings is 2. The van der Waals surface area contributed by atoms with Crippen LogP contribution in [0.2, 0.25) is 0 Å². The minimum atomic E-state index is -3.87. The summed E-state index contributed by atoms with van der Waals surface area (Å²) >= 11 is 0. The van der Waals surface area contributed by atoms with Crippen LogP contribution >= 0.6 is 0 Å². The number of hydrogen-bond acceptors (Lipinski definition) is 5. The van der Waals surface area contributed by atoms with E-state index in [1.165, 1.54) is 22.0 Å². The van der Waals surface area contributed by atoms with Gasteiger partial charge in [0.1, 0.15) is 0 Å². The number of non-ortho nitro benzene ring substituents is 1. The van der Waals surface area contributed by atoms with E-state index in [1.54, 1.807) is 6.92 Å². The fraction of sp³-hybridized carbons (Fsp3) is 0.500. The van der Waals surface area contributed by atoms with Crippen LogP contribution in [0.4, 0.5) is 5.69 Å². The third-order valence-electron chi connectivity index (χ3n) is 7.67. The first-order valence-corrected chi connectivity index (χ1v) is 13.7. The van der Waals surface area contributed by atoms with Gasteiger partial charge in [-0.3, -0.25) is 14.9 Å². The first-order chi connectivity index (χ1) is 16.7. The molecule has 2 aliphatic rings. The van der Waals surface area contributed by atoms with Gasteiger partial charge in [0.2, 0.25) is 15.9 Å². The Hall–Kier alpha value is -2.78. The smallest absolute Gasteiger partial charge is 0.270 e. The molecule has 2 fully saturated rings. The molecule has 1 aliphatic carbocycles. The van der Waals surface area contributed by atoms with E-state index in [2.05, 4.69) is 24.3 Å². The molecule has 188 valence electrons. The molecule has 4 rings (SSSR count). The summed E-state index contributed by atoms with van der Waals surface area (Å²) in [7, 11) is -1.99. The molecule has 1 amide bonds. The second kappa shape index (κ2) is 10.5. The van der Waals surface area contributed by atoms with Crippen LogP contribution in [-0.4, -0.2) is 54.6 Å². The highest BCUT2D eigenvalue weighted by Gasteiger charge is 2.36. The van der Waals surface area contributed by atoms with Crippen molar-refractivity contribution in [3.63, 3.8) is 0 Å². The molecule has 1 saturated carbocycles. The second-order valence-corrected chi connectivity index (χ2v) is 11.7. The molecule has 0 radical (unpaired) electrons. The first kappa shape index (κ1) is 25.3. The lowest BCUT2D eigenvalue weighted by molar-refractivity contribution is -0.385. The molecular formula is C26H33N3O5S. The van der Waals surface area contributed by atoms with Crippen LogP contribution in [0.25, 0.3) is 0 Å². The molecule has 1 saturated heterocycles. The maximum absolute atomic E-state index is 13.2. The standard InChI is InChI=1S/C26H33N3O5S/c1-19-8-11-24(29(31)32)18-25(19)35(33,34)28-16-14-22(15-17-28)26(30)27(2)23-12-9-21(10-13-23)20-6-4-3-5-7-20/h3-8,11,18,21-23H,9-10,12-17H2,1-2H3. The molecule has 9 heteroatoms. The average molecular weight is 500 g/mol. The normalized spacial score (nSPS) is 22.0. The van der Waals surface area contributed by atoms with E-state index in [-0.39, 0.29) is 41.5 Å². The zero-order valence-electron chi connectivity index (χ0n) is 20.3. The minimum Gasteiger partial charge on any atom is -0.343 e. The van der Waals surface area contributed by atoms with Gasteiger partial charge in [-0.05, 0) is 62.5 Å². The molecule has 1 heterocycles. The van der Waals surface area contributed by atoms with E-state index in [1.807, 2.05) is 18.0 Å². The van der Waals surface area contributed by atoms with E-state index in [0.29, 0.717) is 24.3 Å². The Morgan fingerprint density at radius 2 is 1.63 bits per heavy atom. The van der Waals surface area contributed by atoms with Crippen LogP contribution in [0, 0.1) is 23.0 Å². The van der Waals surface area contributed by atoms with Crippen LogP contribution in [0.5, 0.6) is 0 Å². The van der Waals surface area contributed by atoms with E-state index in [4.69, 9.17) is 0 Å². The third kappa shape index (κ3) is 5.41. The van der Waals surface area contributed by atoms with Crippen LogP contribution < -0.4 is 0 Å². The number of carbonyl (C=O) groups is 1. The van der Waals surface area contributed by atoms with Gasteiger partial charge >= 0.3 is 0 Å². The van der Waals surface area contributed by atoms with Gasteiger partial charge in [-0.1, -0.05) is 36.4 Å². The Labute approximate surface area is 207 Å². The number of nitro groups is 1. The lowest BCUT2D eigenvalue weighted by Crippen LogP contribution is -2.46. The van der Waals surface area contributed by atoms with Crippen LogP contribution in [0.3, 0.4) is 0 Å². The highest BCUT2D eigenvalue weighted by molar-refractivity contribution is 7.89. The number of nitrogens with zero attached hydrogens (tertiary/aromatic N) is 3. The zero-order valence-corrected chi connectivity index (χ0v) is 21.1. The number of piperidine rings is 1. The topological polar surface area (TPSA) is 101 Å². The van der Waals surface area contributed by atoms with Gasteiger partial charge in [-0.25, -0.2) is 8.42 Å². The fourth-order valence-corrected chi connectivity index (χ4v) is 7.17. The number of sulfonamides is 1. The largest absolute Gasteiger partial charge is 0.343 e. The average Bonchev–Trinajstić information content (AvgIpc) is 2.88. The van der Waals surface area contributed by atoms with Crippen molar-refractivity contribution in [3.05, 3.63) is 69.8 Å². The summed E-state index contributed by atoms with van der Waals surface area (Å²) in [6, 6.07) is 14.6. The highest BCUT2D eigenvalue weighted by atomic mass is 32.2. The molecule has 0 aromatic heterocycles. The highest BCUT2D eigenvalue weighted by Crippen LogP contribution is 2.35. The van der Waals surface area contributed by atoms with Crippen LogP contribution in [-0.2, 0) is 14.8 Å². The quantitative estimate of drug-likeness (QED) is 0.431. The Balaban J connectivity index is 1.34. The molecule has 0 unspecified atom stereocenters. The van der Waals surface area contributed by atoms with Gasteiger partial charge in [0.15, 0.2) is 0 Å². The second-order valence-electron chi connectivity index (χ2n) is 9.75. The lowest BCUT2D eigenvalue weighted by Gasteiger charge is -2.38. The van der Waals surface area contributed by atoms with E-state index < -0.39 is 14.9 Å². The number of hydrogen-bond donors (Lipinski definition) is 0. The van der Waals surface area contributed by atoms with Crippen molar-refractivity contribution in [1.29, 1.82) is 0 Å². The van der Waals surface area contributed by atoms with Crippen molar-refractivity contribution in [2.75, 3.05) is 20.1 Å². The van der Waals surface area contributed by atoms with Crippen molar-refractivity contribution in [1.82, 2.24) is 9.21 Å². The number of carbonyl (C=O) groups excluding carboxylic acids is 1. The summed E-state index contributed by atoms with van der Waals surface area (Å²) in [6.45, 7) is 2.10. The predicted molar refractivity (Wildman–Crippen MR) is 134 cm³/mol. The van der Waals surface area contributed by atoms with Crippen LogP contribution in [0.1, 0.15) is 55.6 Å². The van der Waals surface area contributed by atoms with Gasteiger partial charge in [0.25, 0.3) is 5.69 Å². The molecule has 0 bridgehead atoms. The van der Waals surface area contributed by atoms with Gasteiger partial charge in [0.05, 0.1) is 9.82 Å². The number of aryl methyl sites for hydroxylation is 1. The predicted octanol–water partition coefficient (Wildman–Crippen LogP) is 4.49. The van der Waals surface area contributed by atoms with Crippen molar-refractivity contribution >= 4 is 21.6 Å². The summed E-state index contributed by atoms with van der Waals surface area (Å²) in [5, 5.41) is 11.1. The van der Waals surface area contributed by atoms with E-state index in [9.17, 15) is 23.3 Å². The molecule has 2 aromatic rings. The molecule has 0 atom stereocenters. The van der Waals surface area contributed by atoms with Gasteiger partial charge in [-0.15, -0.1) is 0 Å². The third-order valence-corrected chi connectivity index (χ3v) is 9.71. The van der Waals surface area contributed by atoms with Gasteiger partial charge in [0, 0.05) is 44.2 Å². The lowest BCUT2D eigenvalue weighted by atomic mass is 9.81. The summed E-state index contributed by atoms with van der Waals surface area (Å²) in [5.41, 5.74) is 1.59. The Morgan fingerprint density at radius 3 is 2.23 bits per heavy atom. The first-order valence-electron chi connectivity index (χ1n) is 12.2. The minimum absolute atomic E-state index is 0.0382. The van der Waals surface area contributed by atoms with Crippen molar-refractivity contribution in [2.45, 2.75) is 62.3 Å². The Bertz CT molecular complexity index is 1170. The summed E-state index contributed by atoms with van der Waals surface area (Å²) in [4.78, 5) is 25.6. The Morgan fingerprint density at radius 1 is 1.00 bits per heavy atom. The van der Waals surface area contributed by atoms with Crippen molar-refractivity contribution in [3.8, 4) is 0 Å². The van der Waals surface area contributed by atoms with Gasteiger partial charge < -0.3 is 4.90 Å². The van der Waals surface area contributed by atoms with Crippen molar-refractivity contribution in [2.24, 2.45) is 5.92 Å². The van der Waals surface area contributed by atoms with E-state index >= 15 is 0 Å². The van der Waals surface area contributed by atoms with Gasteiger partial charge in [-0.2, -0.15) is 4.31 Å². The number of amides is 1. The molecule has 1 aliphatic heterocycles. The summed E-state index contributed by atoms with van der Waals surface area (Å²) < 4.78 is 27.7. The Kier molecular flexibility index (Phi) is 7.56. The number of nitro benzene ring substituents is 1. The SMILES string of the molecule is Cc1ccc([N+](=O)[O-])cc1S(=O)(=O)N1CCC(C(=O)N(C)C2CCC(c3ccccc3)CC2)CC1. The maximum atomic E-state index is 13.2. The molecule has 0 spiro atoms. The van der Waals surface area contributed by atoms with Crippen LogP contribution in [0.15, 0.2) is 53.4 Å². The zero-order chi connectivity index (χ0) is 25.2. The van der Waals surface area contributed by atoms with E-state index in [0.717, 1.165) is 31.7 Å². The van der Waals surface area contributed by atoms with Crippen molar-refractivity contribution < 1.29 is 18.1 Å². The fourth-order valence-electron chi connectivity index (χ4n) is 5.45. The monoisotopic (exact) mass is 499 g/mol. The molecular weight excluding hydrogens is 466 g/mol. The summed E-state index contributed by atoms with van der Waals surface area (Å²) in [5.74, 6) is 0.433. The molecule has 35 heavy (non-hydrogen) atoms. The molecule has 2 aromatic carbocycles.